The van der Waals surface area contributed by atoms with Crippen molar-refractivity contribution in [3.63, 3.8) is 0 Å². The first-order chi connectivity index (χ1) is 19.4. The Morgan fingerprint density at radius 3 is 2.31 bits per heavy atom. The Bertz CT molecular complexity index is 1470. The van der Waals surface area contributed by atoms with Crippen LogP contribution in [0.3, 0.4) is 0 Å². The van der Waals surface area contributed by atoms with Crippen molar-refractivity contribution in [2.75, 3.05) is 11.9 Å². The minimum Gasteiger partial charge on any atom is -0.413 e. The van der Waals surface area contributed by atoms with E-state index in [2.05, 4.69) is 93.9 Å². The summed E-state index contributed by atoms with van der Waals surface area (Å²) in [5, 5.41) is 2.85. The van der Waals surface area contributed by atoms with Crippen molar-refractivity contribution in [1.29, 1.82) is 0 Å². The van der Waals surface area contributed by atoms with E-state index in [0.29, 0.717) is 29.0 Å². The van der Waals surface area contributed by atoms with Crippen LogP contribution < -0.4 is 5.32 Å². The van der Waals surface area contributed by atoms with E-state index in [0.717, 1.165) is 0 Å². The predicted octanol–water partition coefficient (Wildman–Crippen LogP) is 6.78. The molecule has 1 N–H and O–H groups in total. The zero-order valence-corrected chi connectivity index (χ0v) is 28.6. The molecule has 1 aliphatic heterocycles. The van der Waals surface area contributed by atoms with Crippen LogP contribution in [-0.2, 0) is 13.6 Å². The second kappa shape index (κ2) is 11.3. The molecule has 1 aliphatic rings. The van der Waals surface area contributed by atoms with Crippen molar-refractivity contribution in [3.05, 3.63) is 48.5 Å². The fourth-order valence-corrected chi connectivity index (χ4v) is 6.67. The molecule has 3 atom stereocenters. The highest BCUT2D eigenvalue weighted by molar-refractivity contribution is 6.74. The largest absolute Gasteiger partial charge is 0.413 e. The molecule has 1 aromatic carbocycles. The molecule has 0 saturated carbocycles. The molecular weight excluding hydrogens is 563 g/mol. The van der Waals surface area contributed by atoms with Crippen molar-refractivity contribution in [1.82, 2.24) is 19.5 Å². The maximum Gasteiger partial charge on any atom is 0.256 e. The van der Waals surface area contributed by atoms with Gasteiger partial charge in [-0.05, 0) is 48.4 Å². The molecule has 11 heteroatoms. The van der Waals surface area contributed by atoms with Gasteiger partial charge in [0.25, 0.3) is 5.91 Å². The molecule has 0 radical (unpaired) electrons. The summed E-state index contributed by atoms with van der Waals surface area (Å²) >= 11 is 0. The lowest BCUT2D eigenvalue weighted by atomic mass is 9.99. The summed E-state index contributed by atoms with van der Waals surface area (Å²) in [5.74, 6) is 3.01. The molecule has 4 rings (SSSR count). The number of hydrogen-bond donors (Lipinski definition) is 1. The molecule has 226 valence electrons. The summed E-state index contributed by atoms with van der Waals surface area (Å²) in [6, 6.07) is 8.97. The number of aromatic nitrogens is 4. The molecular formula is C31H45N5O4Si2. The average Bonchev–Trinajstić information content (AvgIpc) is 3.49. The van der Waals surface area contributed by atoms with E-state index in [9.17, 15) is 4.79 Å². The van der Waals surface area contributed by atoms with Gasteiger partial charge in [-0.3, -0.25) is 9.36 Å². The molecule has 9 nitrogen and oxygen atoms in total. The zero-order chi connectivity index (χ0) is 31.1. The molecule has 3 aromatic rings. The number of terminal acetylenes is 1. The topological polar surface area (TPSA) is 100 Å². The van der Waals surface area contributed by atoms with Gasteiger partial charge in [0, 0.05) is 12.0 Å². The summed E-state index contributed by atoms with van der Waals surface area (Å²) in [4.78, 5) is 26.2. The highest BCUT2D eigenvalue weighted by Crippen LogP contribution is 2.46. The molecule has 0 aliphatic carbocycles. The van der Waals surface area contributed by atoms with E-state index in [-0.39, 0.29) is 22.6 Å². The van der Waals surface area contributed by atoms with Crippen LogP contribution in [0.1, 0.15) is 64.5 Å². The first-order valence-corrected chi connectivity index (χ1v) is 20.2. The number of fused-ring (bicyclic) bond motifs is 1. The van der Waals surface area contributed by atoms with Crippen LogP contribution in [0.15, 0.2) is 43.0 Å². The molecule has 3 heterocycles. The smallest absolute Gasteiger partial charge is 0.256 e. The van der Waals surface area contributed by atoms with Crippen molar-refractivity contribution >= 4 is 39.5 Å². The molecule has 1 amide bonds. The molecule has 0 unspecified atom stereocenters. The summed E-state index contributed by atoms with van der Waals surface area (Å²) in [6.07, 6.45) is 8.96. The van der Waals surface area contributed by atoms with E-state index < -0.39 is 34.6 Å². The van der Waals surface area contributed by atoms with Crippen molar-refractivity contribution < 1.29 is 18.4 Å². The van der Waals surface area contributed by atoms with Crippen molar-refractivity contribution in [3.8, 4) is 12.3 Å². The Balaban J connectivity index is 1.68. The molecule has 42 heavy (non-hydrogen) atoms. The highest BCUT2D eigenvalue weighted by atomic mass is 28.4. The number of rotatable bonds is 8. The number of carbonyl (C=O) groups excluding carboxylic acids is 1. The summed E-state index contributed by atoms with van der Waals surface area (Å²) in [6.45, 7) is 22.3. The van der Waals surface area contributed by atoms with Gasteiger partial charge in [0.05, 0.1) is 19.0 Å². The van der Waals surface area contributed by atoms with E-state index in [1.807, 2.05) is 22.8 Å². The van der Waals surface area contributed by atoms with Gasteiger partial charge < -0.3 is 18.9 Å². The Hall–Kier alpha value is -2.89. The van der Waals surface area contributed by atoms with Gasteiger partial charge in [0.1, 0.15) is 12.6 Å². The maximum atomic E-state index is 12.8. The van der Waals surface area contributed by atoms with E-state index in [4.69, 9.17) is 20.0 Å². The fraction of sp³-hybridized carbons (Fsp3) is 0.548. The fourth-order valence-electron chi connectivity index (χ4n) is 4.31. The van der Waals surface area contributed by atoms with Gasteiger partial charge in [0.2, 0.25) is 0 Å². The number of nitrogens with zero attached hydrogens (tertiary/aromatic N) is 4. The normalized spacial score (nSPS) is 21.8. The Morgan fingerprint density at radius 1 is 1.07 bits per heavy atom. The maximum absolute atomic E-state index is 12.8. The predicted molar refractivity (Wildman–Crippen MR) is 171 cm³/mol. The summed E-state index contributed by atoms with van der Waals surface area (Å²) < 4.78 is 22.2. The third kappa shape index (κ3) is 6.23. The molecule has 2 aromatic heterocycles. The standard InChI is InChI=1S/C31H45N5O4Si2/c1-12-31(19-38-41(8,9)29(2,3)4)23(40-42(10,11)30(5,6)7)18-24(39-31)36-21-34-25-26(32-20-33-27(25)36)35-28(37)22-16-14-13-15-17-22/h1,13-17,20-21,23-24H,18-19H2,2-11H3,(H,32,33,35,37)/t23-,24+,31+/m0/s1. The van der Waals surface area contributed by atoms with Crippen molar-refractivity contribution in [2.45, 2.75) is 102 Å². The minimum atomic E-state index is -2.23. The third-order valence-electron chi connectivity index (χ3n) is 9.16. The third-order valence-corrected chi connectivity index (χ3v) is 18.1. The summed E-state index contributed by atoms with van der Waals surface area (Å²) in [5.41, 5.74) is 0.420. The zero-order valence-electron chi connectivity index (χ0n) is 26.6. The van der Waals surface area contributed by atoms with Gasteiger partial charge in [-0.15, -0.1) is 6.42 Å². The number of hydrogen-bond acceptors (Lipinski definition) is 7. The van der Waals surface area contributed by atoms with Crippen LogP contribution >= 0.6 is 0 Å². The highest BCUT2D eigenvalue weighted by Gasteiger charge is 2.54. The second-order valence-corrected chi connectivity index (χ2v) is 23.7. The van der Waals surface area contributed by atoms with Crippen LogP contribution in [0.25, 0.3) is 11.2 Å². The van der Waals surface area contributed by atoms with Gasteiger partial charge >= 0.3 is 0 Å². The van der Waals surface area contributed by atoms with Crippen LogP contribution in [0.5, 0.6) is 0 Å². The lowest BCUT2D eigenvalue weighted by Gasteiger charge is -2.43. The van der Waals surface area contributed by atoms with Gasteiger partial charge in [-0.2, -0.15) is 0 Å². The van der Waals surface area contributed by atoms with Gasteiger partial charge in [0.15, 0.2) is 39.2 Å². The molecule has 0 bridgehead atoms. The summed E-state index contributed by atoms with van der Waals surface area (Å²) in [7, 11) is -4.38. The molecule has 1 saturated heterocycles. The number of nitrogens with one attached hydrogen (secondary N) is 1. The van der Waals surface area contributed by atoms with E-state index in [1.54, 1.807) is 18.5 Å². The van der Waals surface area contributed by atoms with Gasteiger partial charge in [-0.25, -0.2) is 15.0 Å². The molecule has 0 spiro atoms. The lowest BCUT2D eigenvalue weighted by Crippen LogP contribution is -2.54. The van der Waals surface area contributed by atoms with Crippen LogP contribution in [-0.4, -0.2) is 60.4 Å². The first kappa shape index (κ1) is 32.0. The lowest BCUT2D eigenvalue weighted by molar-refractivity contribution is -0.0838. The van der Waals surface area contributed by atoms with Crippen LogP contribution in [0, 0.1) is 12.3 Å². The average molecular weight is 608 g/mol. The SMILES string of the molecule is C#C[C@]1(CO[Si](C)(C)C(C)(C)C)O[C@@H](n2cnc3c(NC(=O)c4ccccc4)ncnc32)C[C@@H]1O[Si](C)(C)C(C)(C)C. The Kier molecular flexibility index (Phi) is 8.63. The number of amides is 1. The van der Waals surface area contributed by atoms with E-state index >= 15 is 0 Å². The van der Waals surface area contributed by atoms with Crippen LogP contribution in [0.2, 0.25) is 36.3 Å². The quantitative estimate of drug-likeness (QED) is 0.222. The Labute approximate surface area is 252 Å². The minimum absolute atomic E-state index is 0.00857. The second-order valence-electron chi connectivity index (χ2n) is 14.1. The first-order valence-electron chi connectivity index (χ1n) is 14.4. The Morgan fingerprint density at radius 2 is 1.71 bits per heavy atom. The number of ether oxygens (including phenoxy) is 1. The van der Waals surface area contributed by atoms with Crippen molar-refractivity contribution in [2.24, 2.45) is 0 Å². The number of carbonyl (C=O) groups is 1. The molecule has 1 fully saturated rings. The van der Waals surface area contributed by atoms with Crippen LogP contribution in [0.4, 0.5) is 5.82 Å². The number of anilines is 1. The van der Waals surface area contributed by atoms with E-state index in [1.165, 1.54) is 6.33 Å². The monoisotopic (exact) mass is 607 g/mol. The van der Waals surface area contributed by atoms with Gasteiger partial charge in [-0.1, -0.05) is 65.7 Å². The number of imidazole rings is 1. The number of benzene rings is 1.